The zero-order chi connectivity index (χ0) is 10.5. The van der Waals surface area contributed by atoms with Crippen molar-refractivity contribution in [3.63, 3.8) is 0 Å². The number of hydrogen-bond donors (Lipinski definition) is 1. The van der Waals surface area contributed by atoms with Gasteiger partial charge in [-0.25, -0.2) is 4.98 Å². The van der Waals surface area contributed by atoms with E-state index in [0.717, 1.165) is 23.5 Å². The van der Waals surface area contributed by atoms with Crippen LogP contribution in [0.5, 0.6) is 0 Å². The van der Waals surface area contributed by atoms with E-state index in [4.69, 9.17) is 5.73 Å². The van der Waals surface area contributed by atoms with Crippen LogP contribution in [0.2, 0.25) is 0 Å². The number of pyridine rings is 1. The maximum atomic E-state index is 5.48. The molecule has 2 heterocycles. The van der Waals surface area contributed by atoms with Crippen molar-refractivity contribution in [3.05, 3.63) is 46.2 Å². The molecule has 4 heteroatoms. The van der Waals surface area contributed by atoms with Gasteiger partial charge in [0.05, 0.1) is 10.7 Å². The summed E-state index contributed by atoms with van der Waals surface area (Å²) in [7, 11) is 0. The molecule has 0 saturated heterocycles. The predicted octanol–water partition coefficient (Wildman–Crippen LogP) is 1.63. The van der Waals surface area contributed by atoms with Crippen LogP contribution in [0, 0.1) is 0 Å². The summed E-state index contributed by atoms with van der Waals surface area (Å²) in [6.45, 7) is 0.663. The number of aromatic nitrogens is 2. The van der Waals surface area contributed by atoms with E-state index in [-0.39, 0.29) is 0 Å². The summed E-state index contributed by atoms with van der Waals surface area (Å²) < 4.78 is 0. The van der Waals surface area contributed by atoms with E-state index in [9.17, 15) is 0 Å². The second-order valence-electron chi connectivity index (χ2n) is 3.31. The van der Waals surface area contributed by atoms with Crippen LogP contribution in [0.25, 0.3) is 0 Å². The Bertz CT molecular complexity index is 411. The Morgan fingerprint density at radius 2 is 2.33 bits per heavy atom. The molecule has 0 aromatic carbocycles. The molecule has 0 atom stereocenters. The van der Waals surface area contributed by atoms with Gasteiger partial charge in [0.1, 0.15) is 0 Å². The largest absolute Gasteiger partial charge is 0.330 e. The van der Waals surface area contributed by atoms with Crippen molar-refractivity contribution >= 4 is 11.3 Å². The molecule has 78 valence electrons. The van der Waals surface area contributed by atoms with Gasteiger partial charge in [0.15, 0.2) is 0 Å². The van der Waals surface area contributed by atoms with Crippen LogP contribution in [0.4, 0.5) is 0 Å². The van der Waals surface area contributed by atoms with E-state index in [2.05, 4.69) is 21.4 Å². The minimum atomic E-state index is 0.663. The van der Waals surface area contributed by atoms with Crippen molar-refractivity contribution in [2.24, 2.45) is 5.73 Å². The standard InChI is InChI=1S/C11H13N3S/c12-4-3-10-8-15-11(14-10)6-9-2-1-5-13-7-9/h1-2,5,7-8H,3-4,6,12H2. The van der Waals surface area contributed by atoms with Gasteiger partial charge in [-0.1, -0.05) is 6.07 Å². The Labute approximate surface area is 93.0 Å². The molecule has 0 fully saturated rings. The maximum absolute atomic E-state index is 5.48. The fourth-order valence-corrected chi connectivity index (χ4v) is 2.23. The molecule has 0 unspecified atom stereocenters. The first-order valence-corrected chi connectivity index (χ1v) is 5.78. The summed E-state index contributed by atoms with van der Waals surface area (Å²) in [5.41, 5.74) is 7.78. The van der Waals surface area contributed by atoms with Gasteiger partial charge in [-0.3, -0.25) is 4.98 Å². The summed E-state index contributed by atoms with van der Waals surface area (Å²) in [4.78, 5) is 8.59. The first-order chi connectivity index (χ1) is 7.38. The zero-order valence-corrected chi connectivity index (χ0v) is 9.20. The Morgan fingerprint density at radius 1 is 1.40 bits per heavy atom. The first-order valence-electron chi connectivity index (χ1n) is 4.91. The lowest BCUT2D eigenvalue weighted by Gasteiger charge is -1.95. The van der Waals surface area contributed by atoms with Gasteiger partial charge in [0.2, 0.25) is 0 Å². The number of hydrogen-bond acceptors (Lipinski definition) is 4. The summed E-state index contributed by atoms with van der Waals surface area (Å²) >= 11 is 1.69. The highest BCUT2D eigenvalue weighted by Crippen LogP contribution is 2.14. The van der Waals surface area contributed by atoms with Gasteiger partial charge in [0.25, 0.3) is 0 Å². The van der Waals surface area contributed by atoms with Crippen molar-refractivity contribution in [1.29, 1.82) is 0 Å². The molecule has 0 spiro atoms. The number of thiazole rings is 1. The van der Waals surface area contributed by atoms with Crippen molar-refractivity contribution in [2.75, 3.05) is 6.54 Å². The predicted molar refractivity (Wildman–Crippen MR) is 61.9 cm³/mol. The van der Waals surface area contributed by atoms with Crippen LogP contribution in [0.15, 0.2) is 29.9 Å². The summed E-state index contributed by atoms with van der Waals surface area (Å²) in [5, 5.41) is 3.21. The number of nitrogens with zero attached hydrogens (tertiary/aromatic N) is 2. The molecule has 2 N–H and O–H groups in total. The third-order valence-electron chi connectivity index (χ3n) is 2.08. The van der Waals surface area contributed by atoms with Gasteiger partial charge in [-0.2, -0.15) is 0 Å². The van der Waals surface area contributed by atoms with Crippen molar-refractivity contribution in [1.82, 2.24) is 9.97 Å². The Balaban J connectivity index is 2.05. The third-order valence-corrected chi connectivity index (χ3v) is 2.98. The second kappa shape index (κ2) is 5.00. The highest BCUT2D eigenvalue weighted by molar-refractivity contribution is 7.09. The van der Waals surface area contributed by atoms with Crippen LogP contribution >= 0.6 is 11.3 Å². The summed E-state index contributed by atoms with van der Waals surface area (Å²) in [6.07, 6.45) is 5.39. The molecule has 2 aromatic heterocycles. The average Bonchev–Trinajstić information content (AvgIpc) is 2.68. The maximum Gasteiger partial charge on any atom is 0.0972 e. The van der Waals surface area contributed by atoms with E-state index in [1.165, 1.54) is 5.56 Å². The van der Waals surface area contributed by atoms with Crippen molar-refractivity contribution in [3.8, 4) is 0 Å². The zero-order valence-electron chi connectivity index (χ0n) is 8.39. The van der Waals surface area contributed by atoms with Crippen molar-refractivity contribution < 1.29 is 0 Å². The molecule has 0 bridgehead atoms. The van der Waals surface area contributed by atoms with Gasteiger partial charge >= 0.3 is 0 Å². The molecule has 2 rings (SSSR count). The number of nitrogens with two attached hydrogens (primary N) is 1. The third kappa shape index (κ3) is 2.84. The van der Waals surface area contributed by atoms with E-state index in [1.54, 1.807) is 17.5 Å². The van der Waals surface area contributed by atoms with Crippen LogP contribution in [-0.4, -0.2) is 16.5 Å². The highest BCUT2D eigenvalue weighted by atomic mass is 32.1. The molecule has 0 radical (unpaired) electrons. The Morgan fingerprint density at radius 3 is 3.07 bits per heavy atom. The smallest absolute Gasteiger partial charge is 0.0972 e. The molecule has 0 aliphatic carbocycles. The van der Waals surface area contributed by atoms with Gasteiger partial charge in [0, 0.05) is 30.6 Å². The van der Waals surface area contributed by atoms with Crippen molar-refractivity contribution in [2.45, 2.75) is 12.8 Å². The van der Waals surface area contributed by atoms with Gasteiger partial charge in [-0.05, 0) is 18.2 Å². The molecular weight excluding hydrogens is 206 g/mol. The fraction of sp³-hybridized carbons (Fsp3) is 0.273. The fourth-order valence-electron chi connectivity index (χ4n) is 1.37. The molecule has 0 amide bonds. The monoisotopic (exact) mass is 219 g/mol. The lowest BCUT2D eigenvalue weighted by Crippen LogP contribution is -2.02. The lowest BCUT2D eigenvalue weighted by atomic mass is 10.2. The number of rotatable bonds is 4. The summed E-state index contributed by atoms with van der Waals surface area (Å²) in [6, 6.07) is 4.01. The average molecular weight is 219 g/mol. The molecule has 2 aromatic rings. The van der Waals surface area contributed by atoms with Crippen LogP contribution in [0.1, 0.15) is 16.3 Å². The van der Waals surface area contributed by atoms with E-state index in [0.29, 0.717) is 6.54 Å². The topological polar surface area (TPSA) is 51.8 Å². The van der Waals surface area contributed by atoms with Crippen LogP contribution in [0.3, 0.4) is 0 Å². The molecule has 0 aliphatic heterocycles. The van der Waals surface area contributed by atoms with E-state index >= 15 is 0 Å². The van der Waals surface area contributed by atoms with Gasteiger partial charge < -0.3 is 5.73 Å². The normalized spacial score (nSPS) is 10.5. The molecule has 0 saturated carbocycles. The van der Waals surface area contributed by atoms with Crippen LogP contribution in [-0.2, 0) is 12.8 Å². The molecular formula is C11H13N3S. The molecule has 0 aliphatic rings. The van der Waals surface area contributed by atoms with Crippen LogP contribution < -0.4 is 5.73 Å². The second-order valence-corrected chi connectivity index (χ2v) is 4.25. The minimum Gasteiger partial charge on any atom is -0.330 e. The van der Waals surface area contributed by atoms with Gasteiger partial charge in [-0.15, -0.1) is 11.3 Å². The quantitative estimate of drug-likeness (QED) is 0.850. The molecule has 3 nitrogen and oxygen atoms in total. The highest BCUT2D eigenvalue weighted by Gasteiger charge is 2.02. The Hall–Kier alpha value is -1.26. The Kier molecular flexibility index (Phi) is 3.42. The summed E-state index contributed by atoms with van der Waals surface area (Å²) in [5.74, 6) is 0. The lowest BCUT2D eigenvalue weighted by molar-refractivity contribution is 0.922. The molecule has 15 heavy (non-hydrogen) atoms. The van der Waals surface area contributed by atoms with E-state index < -0.39 is 0 Å². The minimum absolute atomic E-state index is 0.663. The van der Waals surface area contributed by atoms with E-state index in [1.807, 2.05) is 12.3 Å². The SMILES string of the molecule is NCCc1csc(Cc2cccnc2)n1. The first kappa shape index (κ1) is 10.3.